The van der Waals surface area contributed by atoms with Crippen LogP contribution in [0, 0.1) is 11.3 Å². The van der Waals surface area contributed by atoms with Crippen molar-refractivity contribution < 1.29 is 5.11 Å². The Kier molecular flexibility index (Phi) is 4.34. The van der Waals surface area contributed by atoms with Crippen molar-refractivity contribution >= 4 is 18.1 Å². The summed E-state index contributed by atoms with van der Waals surface area (Å²) in [6.07, 6.45) is 11.9. The van der Waals surface area contributed by atoms with Gasteiger partial charge in [-0.15, -0.1) is 0 Å². The van der Waals surface area contributed by atoms with Crippen molar-refractivity contribution in [3.63, 3.8) is 0 Å². The van der Waals surface area contributed by atoms with Gasteiger partial charge in [0.1, 0.15) is 0 Å². The van der Waals surface area contributed by atoms with Crippen molar-refractivity contribution in [3.8, 4) is 0 Å². The van der Waals surface area contributed by atoms with Crippen LogP contribution >= 0.6 is 0 Å². The fraction of sp³-hybridized carbons (Fsp3) is 0.471. The molecule has 0 bridgehead atoms. The van der Waals surface area contributed by atoms with Gasteiger partial charge in [-0.05, 0) is 38.2 Å². The van der Waals surface area contributed by atoms with Crippen molar-refractivity contribution in [2.24, 2.45) is 15.9 Å². The molecule has 3 rings (SSSR count). The van der Waals surface area contributed by atoms with Crippen molar-refractivity contribution in [2.75, 3.05) is 6.61 Å². The predicted molar refractivity (Wildman–Crippen MR) is 89.8 cm³/mol. The third kappa shape index (κ3) is 3.09. The molecule has 0 aromatic carbocycles. The Morgan fingerprint density at radius 2 is 2.27 bits per heavy atom. The summed E-state index contributed by atoms with van der Waals surface area (Å²) in [5.41, 5.74) is 3.76. The smallest absolute Gasteiger partial charge is 0.0957 e. The van der Waals surface area contributed by atoms with Crippen LogP contribution in [0.4, 0.5) is 0 Å². The molecule has 116 valence electrons. The van der Waals surface area contributed by atoms with Gasteiger partial charge in [0.2, 0.25) is 0 Å². The number of aliphatic hydroxyl groups is 1. The van der Waals surface area contributed by atoms with E-state index < -0.39 is 0 Å². The first-order valence-electron chi connectivity index (χ1n) is 7.76. The fourth-order valence-corrected chi connectivity index (χ4v) is 2.94. The zero-order chi connectivity index (χ0) is 15.5. The Labute approximate surface area is 130 Å². The highest BCUT2D eigenvalue weighted by atomic mass is 16.3. The summed E-state index contributed by atoms with van der Waals surface area (Å²) in [7, 11) is 0. The quantitative estimate of drug-likeness (QED) is 0.679. The molecule has 3 N–H and O–H groups in total. The molecule has 1 atom stereocenters. The number of allylic oxidation sites excluding steroid dienone is 3. The lowest BCUT2D eigenvalue weighted by atomic mass is 9.81. The van der Waals surface area contributed by atoms with Crippen LogP contribution in [0.1, 0.15) is 26.2 Å². The molecule has 1 unspecified atom stereocenters. The highest BCUT2D eigenvalue weighted by Gasteiger charge is 2.27. The van der Waals surface area contributed by atoms with Gasteiger partial charge in [0.15, 0.2) is 0 Å². The molecule has 5 heteroatoms. The summed E-state index contributed by atoms with van der Waals surface area (Å²) in [6, 6.07) is 0.520. The topological polar surface area (TPSA) is 80.8 Å². The van der Waals surface area contributed by atoms with Gasteiger partial charge >= 0.3 is 0 Å². The first-order valence-corrected chi connectivity index (χ1v) is 7.76. The van der Waals surface area contributed by atoms with Crippen LogP contribution in [0.15, 0.2) is 45.2 Å². The molecule has 0 aromatic rings. The molecule has 0 saturated heterocycles. The molecule has 1 saturated carbocycles. The largest absolute Gasteiger partial charge is 0.396 e. The summed E-state index contributed by atoms with van der Waals surface area (Å²) < 4.78 is 0. The molecular formula is C17H22N4O. The highest BCUT2D eigenvalue weighted by molar-refractivity contribution is 6.44. The lowest BCUT2D eigenvalue weighted by Gasteiger charge is -2.34. The monoisotopic (exact) mass is 298 g/mol. The van der Waals surface area contributed by atoms with Gasteiger partial charge in [0.05, 0.1) is 17.5 Å². The van der Waals surface area contributed by atoms with E-state index in [9.17, 15) is 0 Å². The van der Waals surface area contributed by atoms with Crippen LogP contribution in [0.25, 0.3) is 0 Å². The van der Waals surface area contributed by atoms with E-state index >= 15 is 0 Å². The molecule has 5 nitrogen and oxygen atoms in total. The average molecular weight is 298 g/mol. The maximum atomic E-state index is 9.03. The van der Waals surface area contributed by atoms with E-state index in [2.05, 4.69) is 28.3 Å². The summed E-state index contributed by atoms with van der Waals surface area (Å²) in [4.78, 5) is 9.22. The average Bonchev–Trinajstić information content (AvgIpc) is 2.49. The molecule has 0 radical (unpaired) electrons. The standard InChI is InChI=1S/C17H22N4O/c1-11-2-3-15-16(4-11)20-9-17(21-15)13(7-18)8-19-14-5-12(6-14)10-22/h2-3,7-9,12,14,16,18-19,22H,4-6,10H2,1H3/b13-8+,18-7?. The first-order chi connectivity index (χ1) is 10.7. The van der Waals surface area contributed by atoms with E-state index in [1.54, 1.807) is 6.21 Å². The van der Waals surface area contributed by atoms with E-state index in [0.717, 1.165) is 36.2 Å². The molecule has 1 aliphatic heterocycles. The first kappa shape index (κ1) is 14.9. The second-order valence-electron chi connectivity index (χ2n) is 6.23. The summed E-state index contributed by atoms with van der Waals surface area (Å²) >= 11 is 0. The van der Waals surface area contributed by atoms with Crippen molar-refractivity contribution in [3.05, 3.63) is 35.2 Å². The van der Waals surface area contributed by atoms with Gasteiger partial charge in [0.25, 0.3) is 0 Å². The summed E-state index contributed by atoms with van der Waals surface area (Å²) in [5, 5.41) is 20.0. The van der Waals surface area contributed by atoms with Crippen LogP contribution < -0.4 is 5.32 Å². The Morgan fingerprint density at radius 1 is 1.45 bits per heavy atom. The number of rotatable bonds is 5. The number of fused-ring (bicyclic) bond motifs is 1. The zero-order valence-corrected chi connectivity index (χ0v) is 12.8. The molecular weight excluding hydrogens is 276 g/mol. The van der Waals surface area contributed by atoms with Gasteiger partial charge in [-0.25, -0.2) is 4.99 Å². The minimum Gasteiger partial charge on any atom is -0.396 e. The molecule has 0 amide bonds. The Bertz CT molecular complexity index is 606. The molecule has 22 heavy (non-hydrogen) atoms. The van der Waals surface area contributed by atoms with E-state index in [-0.39, 0.29) is 12.6 Å². The second kappa shape index (κ2) is 6.40. The van der Waals surface area contributed by atoms with E-state index in [1.807, 2.05) is 12.3 Å². The third-order valence-electron chi connectivity index (χ3n) is 4.44. The van der Waals surface area contributed by atoms with E-state index in [1.165, 1.54) is 11.8 Å². The van der Waals surface area contributed by atoms with Crippen LogP contribution in [-0.2, 0) is 0 Å². The Hall–Kier alpha value is -2.01. The molecule has 0 spiro atoms. The van der Waals surface area contributed by atoms with Crippen LogP contribution in [0.3, 0.4) is 0 Å². The highest BCUT2D eigenvalue weighted by Crippen LogP contribution is 2.27. The minimum atomic E-state index is 0.130. The number of nitrogens with zero attached hydrogens (tertiary/aromatic N) is 2. The maximum Gasteiger partial charge on any atom is 0.0957 e. The van der Waals surface area contributed by atoms with Crippen LogP contribution in [0.5, 0.6) is 0 Å². The predicted octanol–water partition coefficient (Wildman–Crippen LogP) is 2.01. The maximum absolute atomic E-state index is 9.03. The van der Waals surface area contributed by atoms with Crippen LogP contribution in [-0.4, -0.2) is 41.9 Å². The van der Waals surface area contributed by atoms with E-state index in [4.69, 9.17) is 10.5 Å². The van der Waals surface area contributed by atoms with Gasteiger partial charge in [0, 0.05) is 36.9 Å². The fourth-order valence-electron chi connectivity index (χ4n) is 2.94. The lowest BCUT2D eigenvalue weighted by molar-refractivity contribution is 0.133. The van der Waals surface area contributed by atoms with Crippen LogP contribution in [0.2, 0.25) is 0 Å². The Morgan fingerprint density at radius 3 is 3.00 bits per heavy atom. The summed E-state index contributed by atoms with van der Waals surface area (Å²) in [5.74, 6) is 0.422. The number of aliphatic hydroxyl groups excluding tert-OH is 1. The third-order valence-corrected chi connectivity index (χ3v) is 4.44. The molecule has 2 aliphatic carbocycles. The lowest BCUT2D eigenvalue weighted by Crippen LogP contribution is -2.40. The van der Waals surface area contributed by atoms with Gasteiger partial charge in [-0.3, -0.25) is 4.99 Å². The SMILES string of the molecule is CC1=CC=C2N=C(/C(C=N)=C/NC3CC(CO)C3)C=NC2C1. The van der Waals surface area contributed by atoms with Crippen molar-refractivity contribution in [2.45, 2.75) is 38.3 Å². The number of nitrogens with one attached hydrogen (secondary N) is 2. The number of hydrogen-bond acceptors (Lipinski definition) is 5. The van der Waals surface area contributed by atoms with E-state index in [0.29, 0.717) is 12.0 Å². The minimum absolute atomic E-state index is 0.130. The van der Waals surface area contributed by atoms with Gasteiger partial charge < -0.3 is 15.8 Å². The molecule has 1 fully saturated rings. The van der Waals surface area contributed by atoms with Crippen molar-refractivity contribution in [1.82, 2.24) is 5.32 Å². The second-order valence-corrected chi connectivity index (χ2v) is 6.23. The summed E-state index contributed by atoms with van der Waals surface area (Å²) in [6.45, 7) is 2.37. The number of aliphatic imine (C=N–C) groups is 2. The molecule has 1 heterocycles. The van der Waals surface area contributed by atoms with Gasteiger partial charge in [-0.2, -0.15) is 0 Å². The van der Waals surface area contributed by atoms with Crippen molar-refractivity contribution in [1.29, 1.82) is 5.41 Å². The molecule has 0 aromatic heterocycles. The van der Waals surface area contributed by atoms with Gasteiger partial charge in [-0.1, -0.05) is 11.6 Å². The number of hydrogen-bond donors (Lipinski definition) is 3. The normalized spacial score (nSPS) is 30.5. The Balaban J connectivity index is 1.69. The zero-order valence-electron chi connectivity index (χ0n) is 12.8. The molecule has 3 aliphatic rings.